The summed E-state index contributed by atoms with van der Waals surface area (Å²) in [6.45, 7) is 5.08. The maximum Gasteiger partial charge on any atom is 0.264 e. The van der Waals surface area contributed by atoms with Gasteiger partial charge in [0.2, 0.25) is 5.91 Å². The Hall–Kier alpha value is -2.45. The van der Waals surface area contributed by atoms with Gasteiger partial charge in [0.25, 0.3) is 5.91 Å². The number of unbranched alkanes of at least 4 members (excludes halogenated alkanes) is 1. The van der Waals surface area contributed by atoms with Crippen LogP contribution in [-0.2, 0) is 4.79 Å². The van der Waals surface area contributed by atoms with Crippen LogP contribution >= 0.6 is 23.6 Å². The highest BCUT2D eigenvalue weighted by Crippen LogP contribution is 2.21. The fourth-order valence-electron chi connectivity index (χ4n) is 3.17. The molecule has 8 heteroatoms. The van der Waals surface area contributed by atoms with Crippen LogP contribution in [0.5, 0.6) is 0 Å². The van der Waals surface area contributed by atoms with Gasteiger partial charge in [-0.3, -0.25) is 9.59 Å². The third-order valence-corrected chi connectivity index (χ3v) is 5.86. The lowest BCUT2D eigenvalue weighted by Crippen LogP contribution is -2.48. The lowest BCUT2D eigenvalue weighted by atomic mass is 10.2. The third kappa shape index (κ3) is 6.01. The van der Waals surface area contributed by atoms with Gasteiger partial charge in [0, 0.05) is 44.0 Å². The van der Waals surface area contributed by atoms with Gasteiger partial charge in [-0.25, -0.2) is 0 Å². The smallest absolute Gasteiger partial charge is 0.264 e. The molecule has 1 saturated heterocycles. The minimum absolute atomic E-state index is 0.0593. The predicted octanol–water partition coefficient (Wildman–Crippen LogP) is 3.71. The number of nitrogens with zero attached hydrogens (tertiary/aromatic N) is 2. The summed E-state index contributed by atoms with van der Waals surface area (Å²) in [6.07, 6.45) is 2.32. The molecule has 29 heavy (non-hydrogen) atoms. The fourth-order valence-corrected chi connectivity index (χ4v) is 4.09. The quantitative estimate of drug-likeness (QED) is 0.684. The maximum atomic E-state index is 12.5. The number of piperazine rings is 1. The fraction of sp³-hybridized carbons (Fsp3) is 0.381. The number of anilines is 2. The first-order valence-corrected chi connectivity index (χ1v) is 11.1. The Morgan fingerprint density at radius 1 is 1.10 bits per heavy atom. The molecule has 1 aliphatic heterocycles. The first-order valence-electron chi connectivity index (χ1n) is 9.85. The molecule has 2 amide bonds. The number of amides is 2. The van der Waals surface area contributed by atoms with E-state index in [1.807, 2.05) is 53.6 Å². The van der Waals surface area contributed by atoms with Crippen molar-refractivity contribution in [3.8, 4) is 0 Å². The highest BCUT2D eigenvalue weighted by molar-refractivity contribution is 7.80. The van der Waals surface area contributed by atoms with Gasteiger partial charge in [-0.15, -0.1) is 11.3 Å². The zero-order valence-electron chi connectivity index (χ0n) is 16.5. The molecule has 0 bridgehead atoms. The van der Waals surface area contributed by atoms with Gasteiger partial charge in [0.15, 0.2) is 5.11 Å². The maximum absolute atomic E-state index is 12.5. The Bertz CT molecular complexity index is 829. The molecule has 1 fully saturated rings. The molecule has 0 atom stereocenters. The van der Waals surface area contributed by atoms with E-state index in [2.05, 4.69) is 15.5 Å². The summed E-state index contributed by atoms with van der Waals surface area (Å²) >= 11 is 6.69. The van der Waals surface area contributed by atoms with Gasteiger partial charge in [-0.1, -0.05) is 19.4 Å². The van der Waals surface area contributed by atoms with Crippen molar-refractivity contribution in [2.24, 2.45) is 0 Å². The Labute approximate surface area is 180 Å². The number of thiophene rings is 1. The van der Waals surface area contributed by atoms with E-state index in [0.717, 1.165) is 42.2 Å². The molecule has 1 aromatic heterocycles. The SMILES string of the molecule is CCCCC(=O)NC(=S)Nc1ccc(N2CCN(C(=O)c3cccs3)CC2)cc1. The zero-order chi connectivity index (χ0) is 20.6. The van der Waals surface area contributed by atoms with Crippen LogP contribution in [0.4, 0.5) is 11.4 Å². The number of rotatable bonds is 6. The van der Waals surface area contributed by atoms with Gasteiger partial charge in [0.1, 0.15) is 0 Å². The van der Waals surface area contributed by atoms with Gasteiger partial charge in [0.05, 0.1) is 4.88 Å². The number of benzene rings is 1. The topological polar surface area (TPSA) is 64.7 Å². The molecule has 6 nitrogen and oxygen atoms in total. The van der Waals surface area contributed by atoms with Crippen LogP contribution in [0.3, 0.4) is 0 Å². The van der Waals surface area contributed by atoms with E-state index in [4.69, 9.17) is 12.2 Å². The van der Waals surface area contributed by atoms with Crippen LogP contribution in [-0.4, -0.2) is 48.0 Å². The molecular formula is C21H26N4O2S2. The van der Waals surface area contributed by atoms with Gasteiger partial charge in [-0.05, 0) is 54.4 Å². The van der Waals surface area contributed by atoms with E-state index < -0.39 is 0 Å². The van der Waals surface area contributed by atoms with Gasteiger partial charge < -0.3 is 20.4 Å². The number of thiocarbonyl (C=S) groups is 1. The summed E-state index contributed by atoms with van der Waals surface area (Å²) in [6, 6.07) is 11.7. The molecule has 0 radical (unpaired) electrons. The lowest BCUT2D eigenvalue weighted by molar-refractivity contribution is -0.119. The second kappa shape index (κ2) is 10.4. The summed E-state index contributed by atoms with van der Waals surface area (Å²) in [5.41, 5.74) is 1.94. The molecule has 2 heterocycles. The standard InChI is InChI=1S/C21H26N4O2S2/c1-2-3-6-19(26)23-21(28)22-16-7-9-17(10-8-16)24-11-13-25(14-12-24)20(27)18-5-4-15-29-18/h4-5,7-10,15H,2-3,6,11-14H2,1H3,(H2,22,23,26,28). The first-order chi connectivity index (χ1) is 14.1. The summed E-state index contributed by atoms with van der Waals surface area (Å²) < 4.78 is 0. The average Bonchev–Trinajstić information content (AvgIpc) is 3.27. The first kappa shape index (κ1) is 21.3. The molecule has 0 saturated carbocycles. The van der Waals surface area contributed by atoms with E-state index in [1.54, 1.807) is 0 Å². The summed E-state index contributed by atoms with van der Waals surface area (Å²) in [5, 5.41) is 8.00. The highest BCUT2D eigenvalue weighted by atomic mass is 32.1. The predicted molar refractivity (Wildman–Crippen MR) is 123 cm³/mol. The largest absolute Gasteiger partial charge is 0.368 e. The highest BCUT2D eigenvalue weighted by Gasteiger charge is 2.22. The number of carbonyl (C=O) groups is 2. The Morgan fingerprint density at radius 3 is 2.45 bits per heavy atom. The van der Waals surface area contributed by atoms with E-state index >= 15 is 0 Å². The summed E-state index contributed by atoms with van der Waals surface area (Å²) in [4.78, 5) is 29.2. The molecule has 0 spiro atoms. The van der Waals surface area contributed by atoms with Crippen molar-refractivity contribution >= 4 is 51.9 Å². The molecule has 2 aromatic rings. The van der Waals surface area contributed by atoms with Gasteiger partial charge in [-0.2, -0.15) is 0 Å². The molecule has 2 N–H and O–H groups in total. The minimum atomic E-state index is -0.0593. The van der Waals surface area contributed by atoms with E-state index in [-0.39, 0.29) is 11.8 Å². The summed E-state index contributed by atoms with van der Waals surface area (Å²) in [7, 11) is 0. The van der Waals surface area contributed by atoms with E-state index in [0.29, 0.717) is 24.6 Å². The van der Waals surface area contributed by atoms with Crippen molar-refractivity contribution in [2.45, 2.75) is 26.2 Å². The molecule has 154 valence electrons. The number of hydrogen-bond acceptors (Lipinski definition) is 5. The van der Waals surface area contributed by atoms with E-state index in [9.17, 15) is 9.59 Å². The molecule has 1 aliphatic rings. The molecule has 3 rings (SSSR count). The third-order valence-electron chi connectivity index (χ3n) is 4.80. The van der Waals surface area contributed by atoms with Crippen molar-refractivity contribution in [2.75, 3.05) is 36.4 Å². The number of carbonyl (C=O) groups excluding carboxylic acids is 2. The van der Waals surface area contributed by atoms with Crippen LogP contribution < -0.4 is 15.5 Å². The number of nitrogens with one attached hydrogen (secondary N) is 2. The zero-order valence-corrected chi connectivity index (χ0v) is 18.2. The van der Waals surface area contributed by atoms with Crippen LogP contribution in [0.1, 0.15) is 35.9 Å². The van der Waals surface area contributed by atoms with Crippen molar-refractivity contribution in [1.82, 2.24) is 10.2 Å². The van der Waals surface area contributed by atoms with Crippen LogP contribution in [0.25, 0.3) is 0 Å². The molecule has 0 unspecified atom stereocenters. The molecular weight excluding hydrogens is 404 g/mol. The van der Waals surface area contributed by atoms with Gasteiger partial charge >= 0.3 is 0 Å². The second-order valence-electron chi connectivity index (χ2n) is 6.91. The molecule has 1 aromatic carbocycles. The normalized spacial score (nSPS) is 13.8. The number of hydrogen-bond donors (Lipinski definition) is 2. The summed E-state index contributed by atoms with van der Waals surface area (Å²) in [5.74, 6) is 0.0598. The van der Waals surface area contributed by atoms with Crippen LogP contribution in [0.2, 0.25) is 0 Å². The molecule has 0 aliphatic carbocycles. The average molecular weight is 431 g/mol. The second-order valence-corrected chi connectivity index (χ2v) is 8.27. The Morgan fingerprint density at radius 2 is 1.83 bits per heavy atom. The van der Waals surface area contributed by atoms with Crippen molar-refractivity contribution < 1.29 is 9.59 Å². The van der Waals surface area contributed by atoms with Crippen molar-refractivity contribution in [1.29, 1.82) is 0 Å². The van der Waals surface area contributed by atoms with E-state index in [1.165, 1.54) is 11.3 Å². The minimum Gasteiger partial charge on any atom is -0.368 e. The van der Waals surface area contributed by atoms with Crippen molar-refractivity contribution in [3.63, 3.8) is 0 Å². The Balaban J connectivity index is 1.47. The van der Waals surface area contributed by atoms with Crippen molar-refractivity contribution in [3.05, 3.63) is 46.7 Å². The lowest BCUT2D eigenvalue weighted by Gasteiger charge is -2.36. The van der Waals surface area contributed by atoms with Crippen LogP contribution in [0, 0.1) is 0 Å². The van der Waals surface area contributed by atoms with Crippen LogP contribution in [0.15, 0.2) is 41.8 Å². The Kier molecular flexibility index (Phi) is 7.60. The monoisotopic (exact) mass is 430 g/mol.